The Morgan fingerprint density at radius 2 is 1.83 bits per heavy atom. The van der Waals surface area contributed by atoms with Crippen LogP contribution in [0.15, 0.2) is 54.6 Å². The van der Waals surface area contributed by atoms with Crippen molar-refractivity contribution in [2.24, 2.45) is 0 Å². The molecule has 0 unspecified atom stereocenters. The van der Waals surface area contributed by atoms with Crippen molar-refractivity contribution in [2.75, 3.05) is 13.2 Å². The molecule has 1 aliphatic rings. The number of hydrogen-bond donors (Lipinski definition) is 2. The summed E-state index contributed by atoms with van der Waals surface area (Å²) >= 11 is 0. The largest absolute Gasteiger partial charge is 0.388 e. The summed E-state index contributed by atoms with van der Waals surface area (Å²) in [5.41, 5.74) is 4.71. The predicted molar refractivity (Wildman–Crippen MR) is 112 cm³/mol. The highest BCUT2D eigenvalue weighted by Gasteiger charge is 2.22. The van der Waals surface area contributed by atoms with Crippen molar-refractivity contribution in [3.63, 3.8) is 0 Å². The first-order valence-corrected chi connectivity index (χ1v) is 9.48. The first-order valence-electron chi connectivity index (χ1n) is 9.48. The Kier molecular flexibility index (Phi) is 5.35. The lowest BCUT2D eigenvalue weighted by Crippen LogP contribution is -2.34. The van der Waals surface area contributed by atoms with Crippen LogP contribution in [-0.4, -0.2) is 44.8 Å². The first-order chi connectivity index (χ1) is 14.1. The van der Waals surface area contributed by atoms with Crippen molar-refractivity contribution >= 4 is 34.7 Å². The number of ketones is 1. The molecule has 0 aliphatic carbocycles. The van der Waals surface area contributed by atoms with Crippen LogP contribution in [0.4, 0.5) is 0 Å². The van der Waals surface area contributed by atoms with Crippen molar-refractivity contribution in [1.82, 2.24) is 14.9 Å². The van der Waals surface area contributed by atoms with Crippen LogP contribution in [0.2, 0.25) is 0 Å². The number of benzene rings is 1. The second kappa shape index (κ2) is 8.24. The number of nitrogens with zero attached hydrogens (tertiary/aromatic N) is 2. The fourth-order valence-electron chi connectivity index (χ4n) is 3.50. The van der Waals surface area contributed by atoms with Crippen molar-refractivity contribution in [3.05, 3.63) is 77.3 Å². The Morgan fingerprint density at radius 3 is 2.62 bits per heavy atom. The Balaban J connectivity index is 1.46. The van der Waals surface area contributed by atoms with Gasteiger partial charge in [-0.1, -0.05) is 24.3 Å². The summed E-state index contributed by atoms with van der Waals surface area (Å²) < 4.78 is 0. The van der Waals surface area contributed by atoms with Gasteiger partial charge in [-0.25, -0.2) is 4.98 Å². The number of nitrogens with one attached hydrogen (secondary N) is 1. The highest BCUT2D eigenvalue weighted by Crippen LogP contribution is 2.27. The summed E-state index contributed by atoms with van der Waals surface area (Å²) in [4.78, 5) is 33.5. The summed E-state index contributed by atoms with van der Waals surface area (Å²) in [5, 5.41) is 9.93. The number of amides is 1. The highest BCUT2D eigenvalue weighted by atomic mass is 16.3. The van der Waals surface area contributed by atoms with E-state index in [4.69, 9.17) is 5.11 Å². The van der Waals surface area contributed by atoms with Crippen molar-refractivity contribution < 1.29 is 14.7 Å². The Labute approximate surface area is 168 Å². The third-order valence-corrected chi connectivity index (χ3v) is 4.98. The number of aliphatic hydroxyl groups excluding tert-OH is 1. The van der Waals surface area contributed by atoms with E-state index >= 15 is 0 Å². The normalized spacial score (nSPS) is 14.0. The van der Waals surface area contributed by atoms with E-state index < -0.39 is 6.61 Å². The summed E-state index contributed by atoms with van der Waals surface area (Å²) in [5.74, 6) is -0.441. The average molecular weight is 387 g/mol. The van der Waals surface area contributed by atoms with E-state index in [0.29, 0.717) is 24.5 Å². The second-order valence-corrected chi connectivity index (χ2v) is 6.92. The van der Waals surface area contributed by atoms with E-state index in [1.165, 1.54) is 28.8 Å². The maximum Gasteiger partial charge on any atom is 0.246 e. The van der Waals surface area contributed by atoms with Gasteiger partial charge in [-0.05, 0) is 36.4 Å². The van der Waals surface area contributed by atoms with Crippen LogP contribution in [0.3, 0.4) is 0 Å². The molecule has 3 heterocycles. The number of pyridine rings is 1. The Morgan fingerprint density at radius 1 is 1.07 bits per heavy atom. The number of rotatable bonds is 5. The number of aliphatic hydroxyl groups is 1. The van der Waals surface area contributed by atoms with Crippen molar-refractivity contribution in [2.45, 2.75) is 13.0 Å². The molecular weight excluding hydrogens is 366 g/mol. The standard InChI is InChI=1S/C23H21N3O3/c27-15-18(28)10-8-16-4-3-5-17(24-16)9-11-23(29)26-13-12-22-20(14-26)19-6-1-2-7-21(19)25-22/h1-11,25,27H,12-15H2/b10-8+,11-9+. The van der Waals surface area contributed by atoms with Gasteiger partial charge in [0.2, 0.25) is 5.91 Å². The first kappa shape index (κ1) is 18.8. The van der Waals surface area contributed by atoms with Crippen LogP contribution in [0, 0.1) is 0 Å². The van der Waals surface area contributed by atoms with Gasteiger partial charge in [0, 0.05) is 47.7 Å². The molecule has 1 amide bonds. The molecule has 0 spiro atoms. The highest BCUT2D eigenvalue weighted by molar-refractivity contribution is 5.94. The van der Waals surface area contributed by atoms with Gasteiger partial charge in [-0.2, -0.15) is 0 Å². The smallest absolute Gasteiger partial charge is 0.246 e. The molecule has 29 heavy (non-hydrogen) atoms. The molecule has 2 aromatic heterocycles. The Bertz CT molecular complexity index is 1130. The third kappa shape index (κ3) is 4.17. The van der Waals surface area contributed by atoms with E-state index in [9.17, 15) is 9.59 Å². The van der Waals surface area contributed by atoms with E-state index in [2.05, 4.69) is 22.1 Å². The summed E-state index contributed by atoms with van der Waals surface area (Å²) in [6, 6.07) is 13.5. The Hall–Kier alpha value is -3.51. The molecular formula is C23H21N3O3. The molecule has 0 saturated heterocycles. The van der Waals surface area contributed by atoms with Crippen LogP contribution < -0.4 is 0 Å². The molecule has 1 aromatic carbocycles. The number of fused-ring (bicyclic) bond motifs is 3. The molecule has 0 atom stereocenters. The molecule has 2 N–H and O–H groups in total. The van der Waals surface area contributed by atoms with Crippen LogP contribution in [-0.2, 0) is 22.6 Å². The third-order valence-electron chi connectivity index (χ3n) is 4.98. The zero-order chi connectivity index (χ0) is 20.2. The predicted octanol–water partition coefficient (Wildman–Crippen LogP) is 2.74. The van der Waals surface area contributed by atoms with Gasteiger partial charge >= 0.3 is 0 Å². The molecule has 6 heteroatoms. The minimum absolute atomic E-state index is 0.0564. The lowest BCUT2D eigenvalue weighted by molar-refractivity contribution is -0.126. The zero-order valence-electron chi connectivity index (χ0n) is 15.8. The minimum atomic E-state index is -0.529. The maximum atomic E-state index is 12.7. The van der Waals surface area contributed by atoms with Crippen LogP contribution >= 0.6 is 0 Å². The van der Waals surface area contributed by atoms with E-state index in [0.717, 1.165) is 11.9 Å². The number of carbonyl (C=O) groups excluding carboxylic acids is 2. The molecule has 3 aromatic rings. The topological polar surface area (TPSA) is 86.3 Å². The number of carbonyl (C=O) groups is 2. The van der Waals surface area contributed by atoms with E-state index in [1.807, 2.05) is 17.0 Å². The fraction of sp³-hybridized carbons (Fsp3) is 0.174. The van der Waals surface area contributed by atoms with Gasteiger partial charge in [0.1, 0.15) is 6.61 Å². The second-order valence-electron chi connectivity index (χ2n) is 6.92. The van der Waals surface area contributed by atoms with Crippen LogP contribution in [0.1, 0.15) is 22.6 Å². The molecule has 146 valence electrons. The number of para-hydroxylation sites is 1. The molecule has 1 aliphatic heterocycles. The lowest BCUT2D eigenvalue weighted by atomic mass is 10.0. The lowest BCUT2D eigenvalue weighted by Gasteiger charge is -2.26. The number of aromatic nitrogens is 2. The maximum absolute atomic E-state index is 12.7. The van der Waals surface area contributed by atoms with E-state index in [-0.39, 0.29) is 11.7 Å². The molecule has 0 saturated carbocycles. The number of hydrogen-bond acceptors (Lipinski definition) is 4. The summed E-state index contributed by atoms with van der Waals surface area (Å²) in [7, 11) is 0. The summed E-state index contributed by atoms with van der Waals surface area (Å²) in [6.45, 7) is 0.725. The van der Waals surface area contributed by atoms with Crippen molar-refractivity contribution in [3.8, 4) is 0 Å². The number of H-pyrrole nitrogens is 1. The minimum Gasteiger partial charge on any atom is -0.388 e. The van der Waals surface area contributed by atoms with Gasteiger partial charge in [0.15, 0.2) is 5.78 Å². The van der Waals surface area contributed by atoms with Crippen molar-refractivity contribution in [1.29, 1.82) is 0 Å². The van der Waals surface area contributed by atoms with E-state index in [1.54, 1.807) is 30.4 Å². The average Bonchev–Trinajstić information content (AvgIpc) is 3.14. The van der Waals surface area contributed by atoms with Gasteiger partial charge in [-0.15, -0.1) is 0 Å². The van der Waals surface area contributed by atoms with Crippen LogP contribution in [0.25, 0.3) is 23.1 Å². The molecule has 0 bridgehead atoms. The SMILES string of the molecule is O=C(/C=C/c1cccc(/C=C/C(=O)N2CCc3[nH]c4ccccc4c3C2)n1)CO. The quantitative estimate of drug-likeness (QED) is 0.659. The molecule has 4 rings (SSSR count). The van der Waals surface area contributed by atoms with Gasteiger partial charge in [-0.3, -0.25) is 9.59 Å². The molecule has 0 radical (unpaired) electrons. The monoisotopic (exact) mass is 387 g/mol. The fourth-order valence-corrected chi connectivity index (χ4v) is 3.50. The zero-order valence-corrected chi connectivity index (χ0v) is 15.8. The van der Waals surface area contributed by atoms with Gasteiger partial charge < -0.3 is 15.0 Å². The van der Waals surface area contributed by atoms with Crippen LogP contribution in [0.5, 0.6) is 0 Å². The van der Waals surface area contributed by atoms with Gasteiger partial charge in [0.05, 0.1) is 11.4 Å². The summed E-state index contributed by atoms with van der Waals surface area (Å²) in [6.07, 6.45) is 6.85. The molecule has 0 fully saturated rings. The van der Waals surface area contributed by atoms with Gasteiger partial charge in [0.25, 0.3) is 0 Å². The molecule has 6 nitrogen and oxygen atoms in total. The number of aromatic amines is 1.